The zero-order valence-electron chi connectivity index (χ0n) is 12.9. The third kappa shape index (κ3) is 3.49. The Kier molecular flexibility index (Phi) is 5.38. The van der Waals surface area contributed by atoms with Crippen LogP contribution in [0.25, 0.3) is 0 Å². The molecule has 1 saturated carbocycles. The van der Waals surface area contributed by atoms with Crippen LogP contribution in [-0.2, 0) is 4.74 Å². The summed E-state index contributed by atoms with van der Waals surface area (Å²) in [7, 11) is 0. The molecule has 20 heavy (non-hydrogen) atoms. The summed E-state index contributed by atoms with van der Waals surface area (Å²) in [6, 6.07) is 2.18. The second-order valence-corrected chi connectivity index (χ2v) is 5.62. The maximum atomic E-state index is 6.14. The van der Waals surface area contributed by atoms with Crippen molar-refractivity contribution in [2.24, 2.45) is 5.92 Å². The van der Waals surface area contributed by atoms with E-state index in [9.17, 15) is 0 Å². The summed E-state index contributed by atoms with van der Waals surface area (Å²) in [5.41, 5.74) is 8.45. The van der Waals surface area contributed by atoms with E-state index in [1.807, 2.05) is 6.07 Å². The van der Waals surface area contributed by atoms with Crippen LogP contribution in [0.4, 0.5) is 5.82 Å². The van der Waals surface area contributed by atoms with Crippen LogP contribution in [-0.4, -0.2) is 24.2 Å². The molecule has 2 atom stereocenters. The monoisotopic (exact) mass is 277 g/mol. The Hall–Kier alpha value is -1.13. The lowest BCUT2D eigenvalue weighted by Crippen LogP contribution is -2.37. The van der Waals surface area contributed by atoms with Gasteiger partial charge >= 0.3 is 0 Å². The van der Waals surface area contributed by atoms with Gasteiger partial charge in [-0.2, -0.15) is 0 Å². The molecule has 2 unspecified atom stereocenters. The van der Waals surface area contributed by atoms with Gasteiger partial charge in [-0.05, 0) is 57.2 Å². The average molecular weight is 277 g/mol. The SMILES string of the molecule is CCCNC(c1c(C)ccnc1N)C(OCC)C1CC1. The van der Waals surface area contributed by atoms with Crippen LogP contribution in [0.15, 0.2) is 12.3 Å². The zero-order chi connectivity index (χ0) is 14.5. The first kappa shape index (κ1) is 15.3. The number of aryl methyl sites for hydroxylation is 1. The summed E-state index contributed by atoms with van der Waals surface area (Å²) in [4.78, 5) is 4.27. The van der Waals surface area contributed by atoms with Gasteiger partial charge in [-0.15, -0.1) is 0 Å². The number of nitrogens with one attached hydrogen (secondary N) is 1. The number of pyridine rings is 1. The number of aromatic nitrogens is 1. The summed E-state index contributed by atoms with van der Waals surface area (Å²) in [5, 5.41) is 3.63. The molecule has 4 heteroatoms. The molecule has 1 aromatic rings. The number of ether oxygens (including phenoxy) is 1. The van der Waals surface area contributed by atoms with Gasteiger partial charge in [-0.1, -0.05) is 6.92 Å². The molecule has 1 aliphatic carbocycles. The third-order valence-corrected chi connectivity index (χ3v) is 3.94. The average Bonchev–Trinajstić information content (AvgIpc) is 3.24. The van der Waals surface area contributed by atoms with Crippen LogP contribution in [0.1, 0.15) is 50.3 Å². The summed E-state index contributed by atoms with van der Waals surface area (Å²) >= 11 is 0. The largest absolute Gasteiger partial charge is 0.383 e. The Balaban J connectivity index is 2.29. The van der Waals surface area contributed by atoms with Gasteiger partial charge < -0.3 is 15.8 Å². The van der Waals surface area contributed by atoms with Gasteiger partial charge in [0.2, 0.25) is 0 Å². The Morgan fingerprint density at radius 2 is 2.20 bits per heavy atom. The van der Waals surface area contributed by atoms with Gasteiger partial charge in [0.05, 0.1) is 12.1 Å². The fraction of sp³-hybridized carbons (Fsp3) is 0.688. The highest BCUT2D eigenvalue weighted by atomic mass is 16.5. The van der Waals surface area contributed by atoms with Crippen molar-refractivity contribution in [1.82, 2.24) is 10.3 Å². The molecule has 1 aromatic heterocycles. The third-order valence-electron chi connectivity index (χ3n) is 3.94. The van der Waals surface area contributed by atoms with Crippen molar-refractivity contribution >= 4 is 5.82 Å². The van der Waals surface area contributed by atoms with E-state index in [1.165, 1.54) is 18.4 Å². The second kappa shape index (κ2) is 7.04. The lowest BCUT2D eigenvalue weighted by Gasteiger charge is -2.30. The number of rotatable bonds is 8. The lowest BCUT2D eigenvalue weighted by atomic mass is 9.94. The molecule has 0 spiro atoms. The van der Waals surface area contributed by atoms with Crippen molar-refractivity contribution in [3.63, 3.8) is 0 Å². The van der Waals surface area contributed by atoms with Gasteiger partial charge in [-0.25, -0.2) is 4.98 Å². The minimum Gasteiger partial charge on any atom is -0.383 e. The molecule has 0 amide bonds. The van der Waals surface area contributed by atoms with Crippen LogP contribution in [0.5, 0.6) is 0 Å². The van der Waals surface area contributed by atoms with E-state index in [-0.39, 0.29) is 12.1 Å². The van der Waals surface area contributed by atoms with Crippen LogP contribution < -0.4 is 11.1 Å². The summed E-state index contributed by atoms with van der Waals surface area (Å²) in [6.07, 6.45) is 5.59. The molecule has 112 valence electrons. The van der Waals surface area contributed by atoms with Crippen LogP contribution in [0, 0.1) is 12.8 Å². The lowest BCUT2D eigenvalue weighted by molar-refractivity contribution is 0.0185. The van der Waals surface area contributed by atoms with E-state index in [0.717, 1.165) is 25.1 Å². The van der Waals surface area contributed by atoms with Crippen molar-refractivity contribution in [3.05, 3.63) is 23.4 Å². The van der Waals surface area contributed by atoms with Crippen molar-refractivity contribution in [2.75, 3.05) is 18.9 Å². The second-order valence-electron chi connectivity index (χ2n) is 5.62. The summed E-state index contributed by atoms with van der Waals surface area (Å²) in [6.45, 7) is 8.05. The van der Waals surface area contributed by atoms with Crippen molar-refractivity contribution < 1.29 is 4.74 Å². The number of nitrogen functional groups attached to an aromatic ring is 1. The van der Waals surface area contributed by atoms with E-state index in [4.69, 9.17) is 10.5 Å². The molecular formula is C16H27N3O. The molecule has 0 aromatic carbocycles. The first-order valence-corrected chi connectivity index (χ1v) is 7.75. The molecule has 1 heterocycles. The van der Waals surface area contributed by atoms with Crippen LogP contribution in [0.2, 0.25) is 0 Å². The molecule has 3 N–H and O–H groups in total. The minimum absolute atomic E-state index is 0.149. The van der Waals surface area contributed by atoms with Crippen molar-refractivity contribution in [3.8, 4) is 0 Å². The zero-order valence-corrected chi connectivity index (χ0v) is 12.9. The summed E-state index contributed by atoms with van der Waals surface area (Å²) in [5.74, 6) is 1.28. The van der Waals surface area contributed by atoms with Crippen molar-refractivity contribution in [2.45, 2.75) is 52.2 Å². The summed E-state index contributed by atoms with van der Waals surface area (Å²) < 4.78 is 6.04. The maximum Gasteiger partial charge on any atom is 0.128 e. The molecule has 0 saturated heterocycles. The highest BCUT2D eigenvalue weighted by Gasteiger charge is 2.39. The highest BCUT2D eigenvalue weighted by Crippen LogP contribution is 2.41. The number of nitrogens with two attached hydrogens (primary N) is 1. The van der Waals surface area contributed by atoms with Crippen LogP contribution >= 0.6 is 0 Å². The first-order valence-electron chi connectivity index (χ1n) is 7.75. The molecule has 2 rings (SSSR count). The highest BCUT2D eigenvalue weighted by molar-refractivity contribution is 5.46. The van der Waals surface area contributed by atoms with E-state index in [0.29, 0.717) is 11.7 Å². The quantitative estimate of drug-likeness (QED) is 0.767. The normalized spacial score (nSPS) is 17.9. The molecule has 0 aliphatic heterocycles. The fourth-order valence-electron chi connectivity index (χ4n) is 2.80. The Labute approximate surface area is 122 Å². The number of nitrogens with zero attached hydrogens (tertiary/aromatic N) is 1. The molecule has 1 fully saturated rings. The van der Waals surface area contributed by atoms with E-state index in [1.54, 1.807) is 6.20 Å². The standard InChI is InChI=1S/C16H27N3O/c1-4-9-18-14(15(20-5-2)12-6-7-12)13-11(3)8-10-19-16(13)17/h8,10,12,14-15,18H,4-7,9H2,1-3H3,(H2,17,19). The smallest absolute Gasteiger partial charge is 0.128 e. The van der Waals surface area contributed by atoms with Crippen LogP contribution in [0.3, 0.4) is 0 Å². The maximum absolute atomic E-state index is 6.14. The Bertz CT molecular complexity index is 411. The minimum atomic E-state index is 0.149. The molecule has 4 nitrogen and oxygen atoms in total. The molecular weight excluding hydrogens is 250 g/mol. The van der Waals surface area contributed by atoms with Crippen molar-refractivity contribution in [1.29, 1.82) is 0 Å². The van der Waals surface area contributed by atoms with Gasteiger partial charge in [0.25, 0.3) is 0 Å². The number of anilines is 1. The molecule has 1 aliphatic rings. The Morgan fingerprint density at radius 1 is 1.45 bits per heavy atom. The van der Waals surface area contributed by atoms with Gasteiger partial charge in [-0.3, -0.25) is 0 Å². The van der Waals surface area contributed by atoms with E-state index in [2.05, 4.69) is 31.1 Å². The Morgan fingerprint density at radius 3 is 2.75 bits per heavy atom. The number of hydrogen-bond donors (Lipinski definition) is 2. The van der Waals surface area contributed by atoms with Gasteiger partial charge in [0.15, 0.2) is 0 Å². The molecule has 0 bridgehead atoms. The topological polar surface area (TPSA) is 60.2 Å². The molecule has 0 radical (unpaired) electrons. The van der Waals surface area contributed by atoms with Gasteiger partial charge in [0.1, 0.15) is 5.82 Å². The first-order chi connectivity index (χ1) is 9.69. The predicted octanol–water partition coefficient (Wildman–Crippen LogP) is 2.83. The number of hydrogen-bond acceptors (Lipinski definition) is 4. The van der Waals surface area contributed by atoms with E-state index >= 15 is 0 Å². The van der Waals surface area contributed by atoms with E-state index < -0.39 is 0 Å². The van der Waals surface area contributed by atoms with Gasteiger partial charge in [0, 0.05) is 18.4 Å². The predicted molar refractivity (Wildman–Crippen MR) is 82.6 cm³/mol. The fourth-order valence-corrected chi connectivity index (χ4v) is 2.80.